The van der Waals surface area contributed by atoms with Gasteiger partial charge < -0.3 is 15.8 Å². The second-order valence-corrected chi connectivity index (χ2v) is 5.42. The molecule has 3 N–H and O–H groups in total. The Morgan fingerprint density at radius 3 is 2.56 bits per heavy atom. The molecule has 0 saturated carbocycles. The number of halogens is 3. The summed E-state index contributed by atoms with van der Waals surface area (Å²) in [5.74, 6) is 0.0278. The first-order chi connectivity index (χ1) is 11.8. The molecule has 0 aliphatic heterocycles. The number of carbonyl (C=O) groups excluding carboxylic acids is 1. The number of para-hydroxylation sites is 1. The Kier molecular flexibility index (Phi) is 6.03. The van der Waals surface area contributed by atoms with Gasteiger partial charge in [-0.25, -0.2) is 0 Å². The van der Waals surface area contributed by atoms with Crippen molar-refractivity contribution in [1.29, 1.82) is 0 Å². The van der Waals surface area contributed by atoms with Crippen LogP contribution in [0.4, 0.5) is 18.9 Å². The molecule has 0 atom stereocenters. The molecule has 4 nitrogen and oxygen atoms in total. The third kappa shape index (κ3) is 5.22. The molecule has 0 radical (unpaired) electrons. The first-order valence-corrected chi connectivity index (χ1v) is 7.75. The van der Waals surface area contributed by atoms with Crippen LogP contribution in [-0.4, -0.2) is 12.5 Å². The standard InChI is InChI=1S/C18H19F3N2O2/c1-2-13-5-3-4-6-16(13)25-11-17(24)23-15-8-12(10-22)7-14(9-15)18(19,20)21/h3-9H,2,10-11,22H2,1H3,(H,23,24). The van der Waals surface area contributed by atoms with Crippen molar-refractivity contribution in [2.75, 3.05) is 11.9 Å². The zero-order valence-corrected chi connectivity index (χ0v) is 13.7. The maximum absolute atomic E-state index is 12.9. The molecule has 0 unspecified atom stereocenters. The molecule has 0 aliphatic rings. The van der Waals surface area contributed by atoms with E-state index in [9.17, 15) is 18.0 Å². The predicted octanol–water partition coefficient (Wildman–Crippen LogP) is 3.74. The zero-order valence-electron chi connectivity index (χ0n) is 13.7. The molecule has 1 amide bonds. The first-order valence-electron chi connectivity index (χ1n) is 7.75. The average Bonchev–Trinajstić information content (AvgIpc) is 2.59. The largest absolute Gasteiger partial charge is 0.483 e. The van der Waals surface area contributed by atoms with Crippen molar-refractivity contribution in [2.24, 2.45) is 5.73 Å². The topological polar surface area (TPSA) is 64.3 Å². The van der Waals surface area contributed by atoms with Crippen LogP contribution in [0.1, 0.15) is 23.6 Å². The third-order valence-corrected chi connectivity index (χ3v) is 3.55. The number of nitrogens with two attached hydrogens (primary N) is 1. The normalized spacial score (nSPS) is 11.2. The Labute approximate surface area is 143 Å². The Morgan fingerprint density at radius 2 is 1.92 bits per heavy atom. The molecular formula is C18H19F3N2O2. The fraction of sp³-hybridized carbons (Fsp3) is 0.278. The van der Waals surface area contributed by atoms with Crippen LogP contribution in [0.15, 0.2) is 42.5 Å². The van der Waals surface area contributed by atoms with Gasteiger partial charge in [-0.1, -0.05) is 25.1 Å². The fourth-order valence-electron chi connectivity index (χ4n) is 2.32. The van der Waals surface area contributed by atoms with E-state index in [-0.39, 0.29) is 24.4 Å². The van der Waals surface area contributed by atoms with E-state index < -0.39 is 17.6 Å². The van der Waals surface area contributed by atoms with Crippen molar-refractivity contribution in [3.63, 3.8) is 0 Å². The summed E-state index contributed by atoms with van der Waals surface area (Å²) in [7, 11) is 0. The molecule has 0 aliphatic carbocycles. The highest BCUT2D eigenvalue weighted by Gasteiger charge is 2.31. The van der Waals surface area contributed by atoms with Gasteiger partial charge in [-0.3, -0.25) is 4.79 Å². The van der Waals surface area contributed by atoms with Gasteiger partial charge in [0.05, 0.1) is 5.56 Å². The number of hydrogen-bond acceptors (Lipinski definition) is 3. The lowest BCUT2D eigenvalue weighted by atomic mass is 10.1. The third-order valence-electron chi connectivity index (χ3n) is 3.55. The molecule has 134 valence electrons. The molecule has 2 aromatic carbocycles. The molecular weight excluding hydrogens is 333 g/mol. The summed E-state index contributed by atoms with van der Waals surface area (Å²) >= 11 is 0. The smallest absolute Gasteiger partial charge is 0.416 e. The van der Waals surface area contributed by atoms with E-state index in [0.717, 1.165) is 24.1 Å². The van der Waals surface area contributed by atoms with Crippen molar-refractivity contribution in [3.8, 4) is 5.75 Å². The number of benzene rings is 2. The second-order valence-electron chi connectivity index (χ2n) is 5.42. The van der Waals surface area contributed by atoms with E-state index in [1.165, 1.54) is 6.07 Å². The second kappa shape index (κ2) is 8.02. The van der Waals surface area contributed by atoms with E-state index in [0.29, 0.717) is 5.75 Å². The fourth-order valence-corrected chi connectivity index (χ4v) is 2.32. The van der Waals surface area contributed by atoms with Crippen LogP contribution in [0.5, 0.6) is 5.75 Å². The Bertz CT molecular complexity index is 745. The van der Waals surface area contributed by atoms with Gasteiger partial charge in [0, 0.05) is 12.2 Å². The summed E-state index contributed by atoms with van der Waals surface area (Å²) in [4.78, 5) is 12.0. The van der Waals surface area contributed by atoms with Crippen LogP contribution in [-0.2, 0) is 23.9 Å². The Balaban J connectivity index is 2.07. The van der Waals surface area contributed by atoms with Crippen LogP contribution in [0.2, 0.25) is 0 Å². The SMILES string of the molecule is CCc1ccccc1OCC(=O)Nc1cc(CN)cc(C(F)(F)F)c1. The van der Waals surface area contributed by atoms with Crippen molar-refractivity contribution in [2.45, 2.75) is 26.1 Å². The number of nitrogens with one attached hydrogen (secondary N) is 1. The van der Waals surface area contributed by atoms with Gasteiger partial charge >= 0.3 is 6.18 Å². The van der Waals surface area contributed by atoms with Gasteiger partial charge in [-0.2, -0.15) is 13.2 Å². The van der Waals surface area contributed by atoms with Gasteiger partial charge in [0.25, 0.3) is 5.91 Å². The van der Waals surface area contributed by atoms with Gasteiger partial charge in [0.2, 0.25) is 0 Å². The highest BCUT2D eigenvalue weighted by atomic mass is 19.4. The summed E-state index contributed by atoms with van der Waals surface area (Å²) < 4.78 is 44.1. The lowest BCUT2D eigenvalue weighted by molar-refractivity contribution is -0.137. The van der Waals surface area contributed by atoms with Crippen molar-refractivity contribution >= 4 is 11.6 Å². The van der Waals surface area contributed by atoms with Gasteiger partial charge in [-0.15, -0.1) is 0 Å². The number of aryl methyl sites for hydroxylation is 1. The maximum Gasteiger partial charge on any atom is 0.416 e. The molecule has 0 aromatic heterocycles. The molecule has 0 saturated heterocycles. The van der Waals surface area contributed by atoms with E-state index in [1.807, 2.05) is 19.1 Å². The van der Waals surface area contributed by atoms with Crippen molar-refractivity contribution < 1.29 is 22.7 Å². The minimum atomic E-state index is -4.51. The average molecular weight is 352 g/mol. The van der Waals surface area contributed by atoms with E-state index >= 15 is 0 Å². The first kappa shape index (κ1) is 18.8. The van der Waals surface area contributed by atoms with Crippen molar-refractivity contribution in [1.82, 2.24) is 0 Å². The number of amides is 1. The Morgan fingerprint density at radius 1 is 1.20 bits per heavy atom. The predicted molar refractivity (Wildman–Crippen MR) is 89.3 cm³/mol. The summed E-state index contributed by atoms with van der Waals surface area (Å²) in [6.45, 7) is 1.59. The minimum Gasteiger partial charge on any atom is -0.483 e. The number of hydrogen-bond donors (Lipinski definition) is 2. The number of rotatable bonds is 6. The number of alkyl halides is 3. The highest BCUT2D eigenvalue weighted by molar-refractivity contribution is 5.92. The number of anilines is 1. The van der Waals surface area contributed by atoms with E-state index in [4.69, 9.17) is 10.5 Å². The van der Waals surface area contributed by atoms with E-state index in [1.54, 1.807) is 12.1 Å². The molecule has 25 heavy (non-hydrogen) atoms. The molecule has 0 fully saturated rings. The maximum atomic E-state index is 12.9. The minimum absolute atomic E-state index is 0.0349. The molecule has 7 heteroatoms. The van der Waals surface area contributed by atoms with E-state index in [2.05, 4.69) is 5.32 Å². The van der Waals surface area contributed by atoms with Crippen LogP contribution in [0.25, 0.3) is 0 Å². The van der Waals surface area contributed by atoms with Crippen LogP contribution in [0, 0.1) is 0 Å². The van der Waals surface area contributed by atoms with Gasteiger partial charge in [0.15, 0.2) is 6.61 Å². The van der Waals surface area contributed by atoms with Crippen molar-refractivity contribution in [3.05, 3.63) is 59.2 Å². The molecule has 2 aromatic rings. The molecule has 2 rings (SSSR count). The monoisotopic (exact) mass is 352 g/mol. The van der Waals surface area contributed by atoms with Gasteiger partial charge in [0.1, 0.15) is 5.75 Å². The van der Waals surface area contributed by atoms with Crippen LogP contribution in [0.3, 0.4) is 0 Å². The molecule has 0 bridgehead atoms. The van der Waals surface area contributed by atoms with Crippen LogP contribution < -0.4 is 15.8 Å². The lowest BCUT2D eigenvalue weighted by Crippen LogP contribution is -2.21. The summed E-state index contributed by atoms with van der Waals surface area (Å²) in [6, 6.07) is 10.5. The summed E-state index contributed by atoms with van der Waals surface area (Å²) in [5, 5.41) is 2.42. The zero-order chi connectivity index (χ0) is 18.4. The highest BCUT2D eigenvalue weighted by Crippen LogP contribution is 2.32. The molecule has 0 spiro atoms. The summed E-state index contributed by atoms with van der Waals surface area (Å²) in [5.41, 5.74) is 5.82. The Hall–Kier alpha value is -2.54. The molecule has 0 heterocycles. The lowest BCUT2D eigenvalue weighted by Gasteiger charge is -2.13. The summed E-state index contributed by atoms with van der Waals surface area (Å²) in [6.07, 6.45) is -3.77. The quantitative estimate of drug-likeness (QED) is 0.832. The van der Waals surface area contributed by atoms with Gasteiger partial charge in [-0.05, 0) is 41.8 Å². The number of carbonyl (C=O) groups is 1. The van der Waals surface area contributed by atoms with Crippen LogP contribution >= 0.6 is 0 Å². The number of ether oxygens (including phenoxy) is 1.